The molecule has 0 saturated heterocycles. The minimum absolute atomic E-state index is 0.166. The first kappa shape index (κ1) is 12.6. The van der Waals surface area contributed by atoms with Crippen molar-refractivity contribution in [3.63, 3.8) is 0 Å². The van der Waals surface area contributed by atoms with Crippen LogP contribution in [0.25, 0.3) is 0 Å². The van der Waals surface area contributed by atoms with Gasteiger partial charge in [-0.15, -0.1) is 0 Å². The van der Waals surface area contributed by atoms with Gasteiger partial charge in [-0.2, -0.15) is 0 Å². The van der Waals surface area contributed by atoms with Crippen molar-refractivity contribution in [1.29, 1.82) is 0 Å². The minimum Gasteiger partial charge on any atom is -0.375 e. The molecule has 4 nitrogen and oxygen atoms in total. The molecule has 5 heteroatoms. The predicted octanol–water partition coefficient (Wildman–Crippen LogP) is 2.90. The zero-order valence-electron chi connectivity index (χ0n) is 10.6. The fraction of sp³-hybridized carbons (Fsp3) is 0.231. The minimum atomic E-state index is -0.166. The molecule has 2 rings (SSSR count). The van der Waals surface area contributed by atoms with Crippen LogP contribution in [0.5, 0.6) is 0 Å². The number of hydrogen-bond donors (Lipinski definition) is 2. The second-order valence-corrected chi connectivity index (χ2v) is 5.28. The molecule has 3 N–H and O–H groups in total. The number of nitrogens with zero attached hydrogens (tertiary/aromatic N) is 1. The summed E-state index contributed by atoms with van der Waals surface area (Å²) >= 11 is 1.19. The number of nitrogens with two attached hydrogens (primary N) is 1. The number of benzene rings is 1. The van der Waals surface area contributed by atoms with Crippen LogP contribution in [0.2, 0.25) is 0 Å². The van der Waals surface area contributed by atoms with Crippen LogP contribution >= 0.6 is 11.3 Å². The maximum absolute atomic E-state index is 12.0. The van der Waals surface area contributed by atoms with E-state index in [1.807, 2.05) is 32.9 Å². The first-order valence-corrected chi connectivity index (χ1v) is 6.40. The number of rotatable bonds is 2. The summed E-state index contributed by atoms with van der Waals surface area (Å²) in [7, 11) is 0. The number of thiazole rings is 1. The van der Waals surface area contributed by atoms with Gasteiger partial charge in [-0.1, -0.05) is 23.5 Å². The summed E-state index contributed by atoms with van der Waals surface area (Å²) in [6, 6.07) is 4.05. The summed E-state index contributed by atoms with van der Waals surface area (Å²) in [5.41, 5.74) is 9.67. The molecule has 94 valence electrons. The Hall–Kier alpha value is -1.88. The van der Waals surface area contributed by atoms with E-state index >= 15 is 0 Å². The first-order chi connectivity index (χ1) is 8.49. The molecule has 1 heterocycles. The van der Waals surface area contributed by atoms with Crippen LogP contribution in [0.3, 0.4) is 0 Å². The van der Waals surface area contributed by atoms with E-state index in [4.69, 9.17) is 5.73 Å². The van der Waals surface area contributed by atoms with Crippen LogP contribution in [0.1, 0.15) is 26.4 Å². The van der Waals surface area contributed by atoms with E-state index in [-0.39, 0.29) is 5.91 Å². The van der Waals surface area contributed by atoms with E-state index in [1.165, 1.54) is 17.5 Å². The Balaban J connectivity index is 2.30. The maximum atomic E-state index is 12.0. The first-order valence-electron chi connectivity index (χ1n) is 5.58. The number of hydrogen-bond acceptors (Lipinski definition) is 4. The van der Waals surface area contributed by atoms with Gasteiger partial charge in [0.15, 0.2) is 5.13 Å². The highest BCUT2D eigenvalue weighted by Crippen LogP contribution is 2.24. The summed E-state index contributed by atoms with van der Waals surface area (Å²) < 4.78 is 0. The van der Waals surface area contributed by atoms with Gasteiger partial charge in [0.2, 0.25) is 0 Å². The molecule has 1 aromatic heterocycles. The lowest BCUT2D eigenvalue weighted by atomic mass is 10.0. The zero-order valence-corrected chi connectivity index (χ0v) is 11.4. The van der Waals surface area contributed by atoms with Crippen molar-refractivity contribution in [2.75, 3.05) is 11.1 Å². The lowest BCUT2D eigenvalue weighted by Crippen LogP contribution is -2.12. The summed E-state index contributed by atoms with van der Waals surface area (Å²) in [6.07, 6.45) is 1.50. The van der Waals surface area contributed by atoms with Gasteiger partial charge in [0, 0.05) is 5.69 Å². The molecular formula is C13H15N3OS. The number of carbonyl (C=O) groups excluding carboxylic acids is 1. The van der Waals surface area contributed by atoms with Crippen LogP contribution < -0.4 is 11.1 Å². The van der Waals surface area contributed by atoms with Crippen LogP contribution in [0, 0.1) is 20.8 Å². The molecule has 0 unspecified atom stereocenters. The maximum Gasteiger partial charge on any atom is 0.267 e. The van der Waals surface area contributed by atoms with Crippen LogP contribution in [-0.4, -0.2) is 10.9 Å². The Kier molecular flexibility index (Phi) is 3.34. The van der Waals surface area contributed by atoms with Gasteiger partial charge in [-0.25, -0.2) is 4.98 Å². The molecule has 18 heavy (non-hydrogen) atoms. The van der Waals surface area contributed by atoms with Crippen molar-refractivity contribution in [1.82, 2.24) is 4.98 Å². The highest BCUT2D eigenvalue weighted by atomic mass is 32.1. The number of nitrogens with one attached hydrogen (secondary N) is 1. The summed E-state index contributed by atoms with van der Waals surface area (Å²) in [5.74, 6) is -0.166. The molecule has 2 aromatic rings. The number of carbonyl (C=O) groups is 1. The Labute approximate surface area is 110 Å². The second-order valence-electron chi connectivity index (χ2n) is 4.22. The van der Waals surface area contributed by atoms with Gasteiger partial charge < -0.3 is 11.1 Å². The molecule has 0 fully saturated rings. The van der Waals surface area contributed by atoms with Gasteiger partial charge in [-0.05, 0) is 37.5 Å². The Bertz CT molecular complexity index is 604. The largest absolute Gasteiger partial charge is 0.375 e. The number of aromatic nitrogens is 1. The van der Waals surface area contributed by atoms with Crippen molar-refractivity contribution in [3.05, 3.63) is 39.9 Å². The van der Waals surface area contributed by atoms with E-state index in [0.29, 0.717) is 10.0 Å². The molecule has 0 saturated carbocycles. The third kappa shape index (κ3) is 2.36. The third-order valence-corrected chi connectivity index (χ3v) is 3.76. The molecular weight excluding hydrogens is 246 g/mol. The standard InChI is InChI=1S/C13H15N3OS/c1-7-4-5-8(2)11(9(7)3)16-12(17)10-6-15-13(14)18-10/h4-6H,1-3H3,(H2,14,15)(H,16,17). The van der Waals surface area contributed by atoms with Gasteiger partial charge in [-0.3, -0.25) is 4.79 Å². The Morgan fingerprint density at radius 2 is 1.94 bits per heavy atom. The van der Waals surface area contributed by atoms with Crippen LogP contribution in [0.4, 0.5) is 10.8 Å². The van der Waals surface area contributed by atoms with Crippen molar-refractivity contribution in [2.45, 2.75) is 20.8 Å². The van der Waals surface area contributed by atoms with Crippen molar-refractivity contribution < 1.29 is 4.79 Å². The van der Waals surface area contributed by atoms with E-state index < -0.39 is 0 Å². The normalized spacial score (nSPS) is 10.4. The van der Waals surface area contributed by atoms with Crippen LogP contribution in [0.15, 0.2) is 18.3 Å². The topological polar surface area (TPSA) is 68.0 Å². The number of amides is 1. The van der Waals surface area contributed by atoms with Crippen molar-refractivity contribution in [2.24, 2.45) is 0 Å². The third-order valence-electron chi connectivity index (χ3n) is 2.93. The predicted molar refractivity (Wildman–Crippen MR) is 75.1 cm³/mol. The second kappa shape index (κ2) is 4.78. The fourth-order valence-electron chi connectivity index (χ4n) is 1.71. The highest BCUT2D eigenvalue weighted by molar-refractivity contribution is 7.17. The van der Waals surface area contributed by atoms with E-state index in [2.05, 4.69) is 10.3 Å². The molecule has 1 aromatic carbocycles. The number of aryl methyl sites for hydroxylation is 2. The Morgan fingerprint density at radius 1 is 1.28 bits per heavy atom. The van der Waals surface area contributed by atoms with Crippen LogP contribution in [-0.2, 0) is 0 Å². The molecule has 0 aliphatic heterocycles. The average molecular weight is 261 g/mol. The number of anilines is 2. The fourth-order valence-corrected chi connectivity index (χ4v) is 2.29. The summed E-state index contributed by atoms with van der Waals surface area (Å²) in [5, 5.41) is 3.33. The zero-order chi connectivity index (χ0) is 13.3. The van der Waals surface area contributed by atoms with Gasteiger partial charge in [0.25, 0.3) is 5.91 Å². The van der Waals surface area contributed by atoms with Crippen molar-refractivity contribution >= 4 is 28.1 Å². The van der Waals surface area contributed by atoms with E-state index in [9.17, 15) is 4.79 Å². The molecule has 0 aliphatic carbocycles. The molecule has 1 amide bonds. The average Bonchev–Trinajstić information content (AvgIpc) is 2.76. The van der Waals surface area contributed by atoms with Gasteiger partial charge in [0.1, 0.15) is 4.88 Å². The smallest absolute Gasteiger partial charge is 0.267 e. The monoisotopic (exact) mass is 261 g/mol. The quantitative estimate of drug-likeness (QED) is 0.873. The van der Waals surface area contributed by atoms with Gasteiger partial charge in [0.05, 0.1) is 6.20 Å². The molecule has 0 bridgehead atoms. The van der Waals surface area contributed by atoms with E-state index in [1.54, 1.807) is 0 Å². The van der Waals surface area contributed by atoms with Crippen molar-refractivity contribution in [3.8, 4) is 0 Å². The lowest BCUT2D eigenvalue weighted by Gasteiger charge is -2.12. The van der Waals surface area contributed by atoms with E-state index in [0.717, 1.165) is 22.4 Å². The van der Waals surface area contributed by atoms with Gasteiger partial charge >= 0.3 is 0 Å². The molecule has 0 aliphatic rings. The number of nitrogen functional groups attached to an aromatic ring is 1. The lowest BCUT2D eigenvalue weighted by molar-refractivity contribution is 0.103. The highest BCUT2D eigenvalue weighted by Gasteiger charge is 2.13. The Morgan fingerprint density at radius 3 is 2.56 bits per heavy atom. The summed E-state index contributed by atoms with van der Waals surface area (Å²) in [4.78, 5) is 16.4. The SMILES string of the molecule is Cc1ccc(C)c(NC(=O)c2cnc(N)s2)c1C. The summed E-state index contributed by atoms with van der Waals surface area (Å²) in [6.45, 7) is 6.00. The molecule has 0 spiro atoms. The molecule has 0 radical (unpaired) electrons. The molecule has 0 atom stereocenters.